The van der Waals surface area contributed by atoms with Crippen LogP contribution in [0.2, 0.25) is 5.02 Å². The van der Waals surface area contributed by atoms with Crippen LogP contribution in [-0.4, -0.2) is 21.5 Å². The fourth-order valence-electron chi connectivity index (χ4n) is 3.71. The number of nitrogens with one attached hydrogen (secondary N) is 1. The van der Waals surface area contributed by atoms with Gasteiger partial charge in [-0.05, 0) is 67.5 Å². The van der Waals surface area contributed by atoms with Crippen molar-refractivity contribution in [3.05, 3.63) is 76.8 Å². The van der Waals surface area contributed by atoms with E-state index >= 15 is 0 Å². The first-order valence-electron chi connectivity index (χ1n) is 9.43. The van der Waals surface area contributed by atoms with Crippen LogP contribution in [0.3, 0.4) is 0 Å². The monoisotopic (exact) mass is 411 g/mol. The minimum Gasteiger partial charge on any atom is -0.459 e. The number of aromatic nitrogens is 1. The summed E-state index contributed by atoms with van der Waals surface area (Å²) in [4.78, 5) is 6.74. The first kappa shape index (κ1) is 19.0. The maximum atomic E-state index is 6.34. The van der Waals surface area contributed by atoms with Crippen LogP contribution in [0.1, 0.15) is 42.4 Å². The summed E-state index contributed by atoms with van der Waals surface area (Å²) in [5, 5.41) is 4.87. The van der Waals surface area contributed by atoms with Gasteiger partial charge in [0, 0.05) is 23.3 Å². The second-order valence-corrected chi connectivity index (χ2v) is 7.80. The van der Waals surface area contributed by atoms with E-state index in [1.807, 2.05) is 54.7 Å². The molecule has 3 heterocycles. The molecule has 1 N–H and O–H groups in total. The van der Waals surface area contributed by atoms with Crippen molar-refractivity contribution in [3.8, 4) is 11.3 Å². The highest BCUT2D eigenvalue weighted by atomic mass is 35.5. The molecule has 0 aliphatic carbocycles. The molecule has 0 radical (unpaired) electrons. The van der Waals surface area contributed by atoms with Crippen molar-refractivity contribution in [2.45, 2.75) is 32.4 Å². The summed E-state index contributed by atoms with van der Waals surface area (Å²) in [7, 11) is 0. The molecular weight excluding hydrogens is 390 g/mol. The molecule has 28 heavy (non-hydrogen) atoms. The van der Waals surface area contributed by atoms with E-state index in [1.54, 1.807) is 0 Å². The lowest BCUT2D eigenvalue weighted by molar-refractivity contribution is 0.275. The summed E-state index contributed by atoms with van der Waals surface area (Å²) in [6.45, 7) is 5.06. The van der Waals surface area contributed by atoms with Crippen molar-refractivity contribution < 1.29 is 4.42 Å². The number of rotatable bonds is 5. The summed E-state index contributed by atoms with van der Waals surface area (Å²) in [6.07, 6.45) is 2.80. The molecule has 0 amide bonds. The van der Waals surface area contributed by atoms with Gasteiger partial charge in [-0.15, -0.1) is 0 Å². The molecule has 0 unspecified atom stereocenters. The molecular formula is C22H22ClN3OS. The zero-order valence-corrected chi connectivity index (χ0v) is 17.4. The van der Waals surface area contributed by atoms with Crippen LogP contribution in [0.5, 0.6) is 0 Å². The Kier molecular flexibility index (Phi) is 5.38. The molecule has 0 saturated carbocycles. The van der Waals surface area contributed by atoms with E-state index in [1.165, 1.54) is 0 Å². The van der Waals surface area contributed by atoms with Gasteiger partial charge in [0.25, 0.3) is 0 Å². The van der Waals surface area contributed by atoms with Crippen molar-refractivity contribution in [2.24, 2.45) is 0 Å². The van der Waals surface area contributed by atoms with Gasteiger partial charge in [0.2, 0.25) is 0 Å². The number of nitrogens with zero attached hydrogens (tertiary/aromatic N) is 2. The number of halogens is 1. The van der Waals surface area contributed by atoms with E-state index in [4.69, 9.17) is 28.2 Å². The Labute approximate surface area is 175 Å². The van der Waals surface area contributed by atoms with Gasteiger partial charge in [-0.3, -0.25) is 4.98 Å². The Hall–Kier alpha value is -2.37. The Balaban J connectivity index is 1.75. The Morgan fingerprint density at radius 1 is 1.21 bits per heavy atom. The quantitative estimate of drug-likeness (QED) is 0.546. The van der Waals surface area contributed by atoms with Crippen molar-refractivity contribution >= 4 is 28.9 Å². The Bertz CT molecular complexity index is 988. The normalized spacial score (nSPS) is 19.1. The minimum absolute atomic E-state index is 0.0457. The van der Waals surface area contributed by atoms with Crippen LogP contribution in [0, 0.1) is 6.92 Å². The van der Waals surface area contributed by atoms with Gasteiger partial charge in [-0.2, -0.15) is 0 Å². The maximum Gasteiger partial charge on any atom is 0.170 e. The second-order valence-electron chi connectivity index (χ2n) is 6.98. The van der Waals surface area contributed by atoms with E-state index in [0.717, 1.165) is 46.4 Å². The zero-order chi connectivity index (χ0) is 19.7. The van der Waals surface area contributed by atoms with Crippen molar-refractivity contribution in [2.75, 3.05) is 6.54 Å². The standard InChI is InChI=1S/C22H22ClN3OS/c1-3-12-26-21(20(25-22(26)28)17-6-4-5-11-24-17)19-10-9-18(27-19)16-13-15(23)8-7-14(16)2/h4-11,13,20-21H,3,12H2,1-2H3,(H,25,28)/t20-,21+/m1/s1. The summed E-state index contributed by atoms with van der Waals surface area (Å²) in [5.74, 6) is 1.68. The highest BCUT2D eigenvalue weighted by Crippen LogP contribution is 2.41. The summed E-state index contributed by atoms with van der Waals surface area (Å²) >= 11 is 11.8. The van der Waals surface area contributed by atoms with Crippen LogP contribution < -0.4 is 5.32 Å². The molecule has 0 spiro atoms. The van der Waals surface area contributed by atoms with Gasteiger partial charge in [0.05, 0.1) is 11.7 Å². The predicted octanol–water partition coefficient (Wildman–Crippen LogP) is 5.69. The van der Waals surface area contributed by atoms with Crippen LogP contribution in [0.4, 0.5) is 0 Å². The molecule has 4 nitrogen and oxygen atoms in total. The number of hydrogen-bond acceptors (Lipinski definition) is 3. The molecule has 0 bridgehead atoms. The topological polar surface area (TPSA) is 41.3 Å². The molecule has 1 fully saturated rings. The lowest BCUT2D eigenvalue weighted by Crippen LogP contribution is -2.30. The maximum absolute atomic E-state index is 6.34. The Morgan fingerprint density at radius 3 is 2.82 bits per heavy atom. The van der Waals surface area contributed by atoms with Crippen LogP contribution >= 0.6 is 23.8 Å². The third-order valence-electron chi connectivity index (χ3n) is 5.05. The molecule has 2 atom stereocenters. The van der Waals surface area contributed by atoms with E-state index < -0.39 is 0 Å². The van der Waals surface area contributed by atoms with Gasteiger partial charge in [0.1, 0.15) is 17.6 Å². The average molecular weight is 412 g/mol. The molecule has 1 aromatic carbocycles. The summed E-state index contributed by atoms with van der Waals surface area (Å²) in [6, 6.07) is 15.7. The van der Waals surface area contributed by atoms with Crippen molar-refractivity contribution in [1.82, 2.24) is 15.2 Å². The number of thiocarbonyl (C=S) groups is 1. The van der Waals surface area contributed by atoms with Crippen molar-refractivity contribution in [1.29, 1.82) is 0 Å². The smallest absolute Gasteiger partial charge is 0.170 e. The summed E-state index contributed by atoms with van der Waals surface area (Å²) < 4.78 is 6.34. The largest absolute Gasteiger partial charge is 0.459 e. The number of pyridine rings is 1. The first-order chi connectivity index (χ1) is 13.6. The molecule has 6 heteroatoms. The highest BCUT2D eigenvalue weighted by molar-refractivity contribution is 7.80. The molecule has 4 rings (SSSR count). The number of hydrogen-bond donors (Lipinski definition) is 1. The lowest BCUT2D eigenvalue weighted by atomic mass is 10.0. The lowest BCUT2D eigenvalue weighted by Gasteiger charge is -2.25. The number of benzene rings is 1. The van der Waals surface area contributed by atoms with Gasteiger partial charge >= 0.3 is 0 Å². The minimum atomic E-state index is -0.0558. The van der Waals surface area contributed by atoms with Gasteiger partial charge in [0.15, 0.2) is 5.11 Å². The molecule has 144 valence electrons. The first-order valence-corrected chi connectivity index (χ1v) is 10.2. The molecule has 1 aliphatic rings. The fourth-order valence-corrected chi connectivity index (χ4v) is 4.22. The van der Waals surface area contributed by atoms with E-state index in [-0.39, 0.29) is 12.1 Å². The van der Waals surface area contributed by atoms with Gasteiger partial charge in [-0.1, -0.05) is 30.7 Å². The van der Waals surface area contributed by atoms with E-state index in [0.29, 0.717) is 5.02 Å². The van der Waals surface area contributed by atoms with Gasteiger partial charge in [-0.25, -0.2) is 0 Å². The van der Waals surface area contributed by atoms with E-state index in [2.05, 4.69) is 29.0 Å². The Morgan fingerprint density at radius 2 is 2.07 bits per heavy atom. The number of aryl methyl sites for hydroxylation is 1. The van der Waals surface area contributed by atoms with Crippen molar-refractivity contribution in [3.63, 3.8) is 0 Å². The van der Waals surface area contributed by atoms with Gasteiger partial charge < -0.3 is 14.6 Å². The second kappa shape index (κ2) is 7.94. The third kappa shape index (κ3) is 3.52. The average Bonchev–Trinajstić information content (AvgIpc) is 3.30. The zero-order valence-electron chi connectivity index (χ0n) is 15.9. The molecule has 2 aromatic heterocycles. The van der Waals surface area contributed by atoms with E-state index in [9.17, 15) is 0 Å². The number of furan rings is 1. The third-order valence-corrected chi connectivity index (χ3v) is 5.63. The molecule has 3 aromatic rings. The predicted molar refractivity (Wildman–Crippen MR) is 116 cm³/mol. The fraction of sp³-hybridized carbons (Fsp3) is 0.273. The van der Waals surface area contributed by atoms with Crippen LogP contribution in [-0.2, 0) is 0 Å². The van der Waals surface area contributed by atoms with Crippen LogP contribution in [0.25, 0.3) is 11.3 Å². The SMILES string of the molecule is CCCN1C(=S)N[C@H](c2ccccn2)[C@@H]1c1ccc(-c2cc(Cl)ccc2C)o1. The highest BCUT2D eigenvalue weighted by Gasteiger charge is 2.41. The molecule has 1 aliphatic heterocycles. The summed E-state index contributed by atoms with van der Waals surface area (Å²) in [5.41, 5.74) is 3.08. The molecule has 1 saturated heterocycles. The van der Waals surface area contributed by atoms with Crippen LogP contribution in [0.15, 0.2) is 59.1 Å².